The molecule has 0 amide bonds. The van der Waals surface area contributed by atoms with E-state index in [1.54, 1.807) is 13.4 Å². The highest BCUT2D eigenvalue weighted by molar-refractivity contribution is 5.87. The Hall–Kier alpha value is -2.68. The molecule has 0 N–H and O–H groups in total. The summed E-state index contributed by atoms with van der Waals surface area (Å²) < 4.78 is 16.5. The number of hydrogen-bond donors (Lipinski definition) is 0. The summed E-state index contributed by atoms with van der Waals surface area (Å²) in [6.07, 6.45) is 3.82. The Morgan fingerprint density at radius 3 is 2.57 bits per heavy atom. The number of hydrogen-bond acceptors (Lipinski definition) is 3. The molecule has 0 saturated carbocycles. The molecule has 3 heteroatoms. The van der Waals surface area contributed by atoms with Gasteiger partial charge in [-0.1, -0.05) is 18.2 Å². The van der Waals surface area contributed by atoms with Crippen molar-refractivity contribution in [1.82, 2.24) is 0 Å². The summed E-state index contributed by atoms with van der Waals surface area (Å²) in [5.41, 5.74) is 4.29. The summed E-state index contributed by atoms with van der Waals surface area (Å²) in [4.78, 5) is 0. The molecule has 0 fully saturated rings. The molecular weight excluding hydrogens is 288 g/mol. The van der Waals surface area contributed by atoms with Crippen molar-refractivity contribution in [3.05, 3.63) is 65.9 Å². The van der Waals surface area contributed by atoms with Gasteiger partial charge in [0.2, 0.25) is 0 Å². The third-order valence-electron chi connectivity index (χ3n) is 3.83. The van der Waals surface area contributed by atoms with E-state index in [4.69, 9.17) is 13.9 Å². The summed E-state index contributed by atoms with van der Waals surface area (Å²) in [5.74, 6) is 1.51. The van der Waals surface area contributed by atoms with E-state index in [2.05, 4.69) is 24.3 Å². The van der Waals surface area contributed by atoms with Crippen LogP contribution in [0.3, 0.4) is 0 Å². The third-order valence-corrected chi connectivity index (χ3v) is 3.83. The highest BCUT2D eigenvalue weighted by Crippen LogP contribution is 2.34. The van der Waals surface area contributed by atoms with Gasteiger partial charge in [-0.05, 0) is 60.9 Å². The van der Waals surface area contributed by atoms with Crippen LogP contribution in [0.1, 0.15) is 25.0 Å². The summed E-state index contributed by atoms with van der Waals surface area (Å²) in [7, 11) is 1.65. The lowest BCUT2D eigenvalue weighted by Crippen LogP contribution is -1.97. The van der Waals surface area contributed by atoms with Crippen LogP contribution in [0.25, 0.3) is 16.5 Å². The first-order valence-electron chi connectivity index (χ1n) is 7.72. The second kappa shape index (κ2) is 6.61. The minimum atomic E-state index is 0.603. The van der Waals surface area contributed by atoms with Gasteiger partial charge >= 0.3 is 0 Å². The van der Waals surface area contributed by atoms with E-state index in [-0.39, 0.29) is 0 Å². The molecule has 1 aromatic heterocycles. The Morgan fingerprint density at radius 2 is 1.83 bits per heavy atom. The van der Waals surface area contributed by atoms with Crippen LogP contribution in [0.15, 0.2) is 59.2 Å². The maximum Gasteiger partial charge on any atom is 0.161 e. The number of allylic oxidation sites excluding steroid dienone is 1. The smallest absolute Gasteiger partial charge is 0.161 e. The average molecular weight is 308 g/mol. The Bertz CT molecular complexity index is 843. The van der Waals surface area contributed by atoms with Crippen LogP contribution in [0.2, 0.25) is 0 Å². The van der Waals surface area contributed by atoms with Crippen molar-refractivity contribution in [2.24, 2.45) is 0 Å². The highest BCUT2D eigenvalue weighted by atomic mass is 16.5. The molecule has 0 aliphatic rings. The minimum Gasteiger partial charge on any atom is -0.493 e. The largest absolute Gasteiger partial charge is 0.493 e. The van der Waals surface area contributed by atoms with Gasteiger partial charge in [0.1, 0.15) is 5.58 Å². The van der Waals surface area contributed by atoms with Crippen LogP contribution in [0.4, 0.5) is 0 Å². The molecule has 0 aliphatic carbocycles. The summed E-state index contributed by atoms with van der Waals surface area (Å²) in [6, 6.07) is 14.2. The standard InChI is InChI=1S/C20H20O3/c1-4-17(14-6-8-18-16(12-14)10-11-23-18)15-7-9-19(21-3)20(13-15)22-5-2/h4,6-13H,5H2,1-3H3. The van der Waals surface area contributed by atoms with Gasteiger partial charge in [0.25, 0.3) is 0 Å². The Balaban J connectivity index is 2.05. The van der Waals surface area contributed by atoms with Gasteiger partial charge in [-0.15, -0.1) is 0 Å². The van der Waals surface area contributed by atoms with E-state index in [1.807, 2.05) is 38.1 Å². The molecule has 3 rings (SSSR count). The van der Waals surface area contributed by atoms with Crippen LogP contribution < -0.4 is 9.47 Å². The lowest BCUT2D eigenvalue weighted by molar-refractivity contribution is 0.311. The zero-order chi connectivity index (χ0) is 16.2. The van der Waals surface area contributed by atoms with Gasteiger partial charge in [0, 0.05) is 5.39 Å². The summed E-state index contributed by atoms with van der Waals surface area (Å²) in [6.45, 7) is 4.61. The number of benzene rings is 2. The molecule has 0 unspecified atom stereocenters. The van der Waals surface area contributed by atoms with Gasteiger partial charge < -0.3 is 13.9 Å². The number of rotatable bonds is 5. The molecule has 0 bridgehead atoms. The van der Waals surface area contributed by atoms with Crippen LogP contribution in [0.5, 0.6) is 11.5 Å². The van der Waals surface area contributed by atoms with Crippen LogP contribution >= 0.6 is 0 Å². The van der Waals surface area contributed by atoms with Gasteiger partial charge in [-0.2, -0.15) is 0 Å². The molecule has 0 saturated heterocycles. The molecule has 0 spiro atoms. The van der Waals surface area contributed by atoms with E-state index < -0.39 is 0 Å². The average Bonchev–Trinajstić information content (AvgIpc) is 3.04. The van der Waals surface area contributed by atoms with Crippen molar-refractivity contribution < 1.29 is 13.9 Å². The molecule has 23 heavy (non-hydrogen) atoms. The van der Waals surface area contributed by atoms with Gasteiger partial charge in [-0.3, -0.25) is 0 Å². The Kier molecular flexibility index (Phi) is 4.38. The normalized spacial score (nSPS) is 11.7. The number of ether oxygens (including phenoxy) is 2. The zero-order valence-electron chi connectivity index (χ0n) is 13.6. The predicted molar refractivity (Wildman–Crippen MR) is 93.1 cm³/mol. The van der Waals surface area contributed by atoms with Gasteiger partial charge in [0.05, 0.1) is 20.0 Å². The lowest BCUT2D eigenvalue weighted by Gasteiger charge is -2.13. The molecule has 2 aromatic carbocycles. The number of methoxy groups -OCH3 is 1. The maximum absolute atomic E-state index is 5.69. The van der Waals surface area contributed by atoms with Crippen LogP contribution in [0, 0.1) is 0 Å². The fourth-order valence-electron chi connectivity index (χ4n) is 2.75. The lowest BCUT2D eigenvalue weighted by atomic mass is 9.96. The Morgan fingerprint density at radius 1 is 1.04 bits per heavy atom. The van der Waals surface area contributed by atoms with Crippen molar-refractivity contribution in [3.8, 4) is 11.5 Å². The van der Waals surface area contributed by atoms with Crippen molar-refractivity contribution in [2.45, 2.75) is 13.8 Å². The molecular formula is C20H20O3. The van der Waals surface area contributed by atoms with Crippen molar-refractivity contribution in [3.63, 3.8) is 0 Å². The zero-order valence-corrected chi connectivity index (χ0v) is 13.6. The van der Waals surface area contributed by atoms with Crippen LogP contribution in [-0.2, 0) is 0 Å². The molecule has 3 nitrogen and oxygen atoms in total. The third kappa shape index (κ3) is 2.95. The number of furan rings is 1. The van der Waals surface area contributed by atoms with E-state index >= 15 is 0 Å². The van der Waals surface area contributed by atoms with Gasteiger partial charge in [0.15, 0.2) is 11.5 Å². The second-order valence-electron chi connectivity index (χ2n) is 5.17. The molecule has 118 valence electrons. The maximum atomic E-state index is 5.69. The van der Waals surface area contributed by atoms with E-state index in [0.717, 1.165) is 39.2 Å². The van der Waals surface area contributed by atoms with Crippen molar-refractivity contribution in [2.75, 3.05) is 13.7 Å². The molecule has 0 atom stereocenters. The Labute approximate surface area is 136 Å². The van der Waals surface area contributed by atoms with E-state index in [9.17, 15) is 0 Å². The fourth-order valence-corrected chi connectivity index (χ4v) is 2.75. The van der Waals surface area contributed by atoms with Crippen LogP contribution in [-0.4, -0.2) is 13.7 Å². The highest BCUT2D eigenvalue weighted by Gasteiger charge is 2.11. The van der Waals surface area contributed by atoms with E-state index in [0.29, 0.717) is 6.61 Å². The predicted octanol–water partition coefficient (Wildman–Crippen LogP) is 5.29. The summed E-state index contributed by atoms with van der Waals surface area (Å²) in [5, 5.41) is 1.10. The second-order valence-corrected chi connectivity index (χ2v) is 5.17. The molecule has 3 aromatic rings. The first kappa shape index (κ1) is 15.2. The number of fused-ring (bicyclic) bond motifs is 1. The quantitative estimate of drug-likeness (QED) is 0.641. The molecule has 1 heterocycles. The van der Waals surface area contributed by atoms with Crippen molar-refractivity contribution in [1.29, 1.82) is 0 Å². The molecule has 0 aliphatic heterocycles. The molecule has 0 radical (unpaired) electrons. The first-order chi connectivity index (χ1) is 11.3. The topological polar surface area (TPSA) is 31.6 Å². The fraction of sp³-hybridized carbons (Fsp3) is 0.200. The minimum absolute atomic E-state index is 0.603. The SMILES string of the molecule is CC=C(c1ccc(OC)c(OCC)c1)c1ccc2occc2c1. The summed E-state index contributed by atoms with van der Waals surface area (Å²) >= 11 is 0. The van der Waals surface area contributed by atoms with E-state index in [1.165, 1.54) is 0 Å². The monoisotopic (exact) mass is 308 g/mol. The first-order valence-corrected chi connectivity index (χ1v) is 7.72. The van der Waals surface area contributed by atoms with Crippen molar-refractivity contribution >= 4 is 16.5 Å². The van der Waals surface area contributed by atoms with Gasteiger partial charge in [-0.25, -0.2) is 0 Å².